The molecule has 0 aromatic heterocycles. The Balaban J connectivity index is 1.60. The molecule has 0 aliphatic heterocycles. The monoisotopic (exact) mass is 703 g/mol. The molecule has 0 heterocycles. The zero-order valence-corrected chi connectivity index (χ0v) is 29.3. The molecule has 2 amide bonds. The molecular formula is C38H42ClN3O6S. The predicted molar refractivity (Wildman–Crippen MR) is 191 cm³/mol. The molecule has 0 spiro atoms. The summed E-state index contributed by atoms with van der Waals surface area (Å²) in [5, 5.41) is 3.49. The summed E-state index contributed by atoms with van der Waals surface area (Å²) in [7, 11) is -1.34. The van der Waals surface area contributed by atoms with Crippen LogP contribution in [-0.4, -0.2) is 58.0 Å². The first-order valence-corrected chi connectivity index (χ1v) is 18.2. The molecule has 11 heteroatoms. The van der Waals surface area contributed by atoms with Crippen LogP contribution >= 0.6 is 11.6 Å². The maximum Gasteiger partial charge on any atom is 0.264 e. The van der Waals surface area contributed by atoms with Gasteiger partial charge in [0.15, 0.2) is 0 Å². The fourth-order valence-electron chi connectivity index (χ4n) is 6.16. The lowest BCUT2D eigenvalue weighted by Crippen LogP contribution is -2.55. The van der Waals surface area contributed by atoms with Crippen LogP contribution in [-0.2, 0) is 32.6 Å². The molecule has 258 valence electrons. The second-order valence-electron chi connectivity index (χ2n) is 12.1. The van der Waals surface area contributed by atoms with E-state index in [2.05, 4.69) is 5.32 Å². The Labute approximate surface area is 293 Å². The number of nitrogens with one attached hydrogen (secondary N) is 1. The Bertz CT molecular complexity index is 1820. The van der Waals surface area contributed by atoms with Gasteiger partial charge in [0.25, 0.3) is 10.0 Å². The second kappa shape index (κ2) is 16.7. The van der Waals surface area contributed by atoms with E-state index in [1.807, 2.05) is 42.5 Å². The average molecular weight is 704 g/mol. The molecule has 1 aliphatic carbocycles. The lowest BCUT2D eigenvalue weighted by atomic mass is 9.94. The highest BCUT2D eigenvalue weighted by molar-refractivity contribution is 7.92. The van der Waals surface area contributed by atoms with Crippen LogP contribution in [0.15, 0.2) is 108 Å². The lowest BCUT2D eigenvalue weighted by molar-refractivity contribution is -0.140. The van der Waals surface area contributed by atoms with E-state index in [4.69, 9.17) is 21.1 Å². The fraction of sp³-hybridized carbons (Fsp3) is 0.316. The minimum atomic E-state index is -4.32. The maximum atomic E-state index is 14.8. The number of anilines is 1. The van der Waals surface area contributed by atoms with E-state index in [0.29, 0.717) is 11.3 Å². The standard InChI is InChI=1S/C38H42ClN3O6S/c1-47-32-18-12-15-29(23-32)26-41(35(24-28-13-6-3-7-14-28)38(44)40-31-16-8-4-9-17-31)37(43)27-42(34-25-30(39)21-22-36(34)48-2)49(45,46)33-19-10-5-11-20-33/h3,5-7,10-15,18-23,25,31,35H,4,8-9,16-17,24,26-27H2,1-2H3,(H,40,44)/t35-/m0/s1. The van der Waals surface area contributed by atoms with E-state index in [0.717, 1.165) is 42.0 Å². The highest BCUT2D eigenvalue weighted by Crippen LogP contribution is 2.35. The molecule has 0 bridgehead atoms. The van der Waals surface area contributed by atoms with Gasteiger partial charge >= 0.3 is 0 Å². The Morgan fingerprint density at radius 3 is 2.18 bits per heavy atom. The maximum absolute atomic E-state index is 14.8. The molecule has 1 fully saturated rings. The molecule has 1 atom stereocenters. The summed E-state index contributed by atoms with van der Waals surface area (Å²) in [6.45, 7) is -0.600. The van der Waals surface area contributed by atoms with Crippen molar-refractivity contribution in [1.29, 1.82) is 0 Å². The smallest absolute Gasteiger partial charge is 0.264 e. The number of hydrogen-bond donors (Lipinski definition) is 1. The number of ether oxygens (including phenoxy) is 2. The summed E-state index contributed by atoms with van der Waals surface area (Å²) in [5.74, 6) is -0.0612. The van der Waals surface area contributed by atoms with Crippen molar-refractivity contribution < 1.29 is 27.5 Å². The van der Waals surface area contributed by atoms with Crippen LogP contribution in [0.4, 0.5) is 5.69 Å². The number of rotatable bonds is 14. The first-order valence-electron chi connectivity index (χ1n) is 16.4. The number of sulfonamides is 1. The molecule has 0 radical (unpaired) electrons. The molecule has 0 unspecified atom stereocenters. The molecule has 1 aliphatic rings. The zero-order valence-electron chi connectivity index (χ0n) is 27.8. The summed E-state index contributed by atoms with van der Waals surface area (Å²) < 4.78 is 40.7. The van der Waals surface area contributed by atoms with Crippen LogP contribution in [0.2, 0.25) is 5.02 Å². The summed E-state index contributed by atoms with van der Waals surface area (Å²) in [6.07, 6.45) is 5.12. The Morgan fingerprint density at radius 2 is 1.51 bits per heavy atom. The van der Waals surface area contributed by atoms with E-state index in [9.17, 15) is 18.0 Å². The van der Waals surface area contributed by atoms with Gasteiger partial charge in [-0.2, -0.15) is 0 Å². The Kier molecular flexibility index (Phi) is 12.2. The Morgan fingerprint density at radius 1 is 0.837 bits per heavy atom. The van der Waals surface area contributed by atoms with Gasteiger partial charge in [0.2, 0.25) is 11.8 Å². The van der Waals surface area contributed by atoms with Crippen molar-refractivity contribution in [3.63, 3.8) is 0 Å². The van der Waals surface area contributed by atoms with Gasteiger partial charge in [-0.1, -0.05) is 91.5 Å². The van der Waals surface area contributed by atoms with Gasteiger partial charge in [0, 0.05) is 24.0 Å². The van der Waals surface area contributed by atoms with Gasteiger partial charge < -0.3 is 19.7 Å². The normalized spacial score (nSPS) is 14.0. The molecule has 4 aromatic rings. The van der Waals surface area contributed by atoms with Crippen LogP contribution in [0, 0.1) is 0 Å². The quantitative estimate of drug-likeness (QED) is 0.158. The number of hydrogen-bond acceptors (Lipinski definition) is 6. The number of amides is 2. The van der Waals surface area contributed by atoms with Crippen molar-refractivity contribution in [2.24, 2.45) is 0 Å². The van der Waals surface area contributed by atoms with E-state index < -0.39 is 28.5 Å². The van der Waals surface area contributed by atoms with Crippen molar-refractivity contribution in [2.75, 3.05) is 25.1 Å². The summed E-state index contributed by atoms with van der Waals surface area (Å²) in [6, 6.07) is 28.3. The van der Waals surface area contributed by atoms with E-state index in [-0.39, 0.29) is 46.3 Å². The number of carbonyl (C=O) groups is 2. The molecule has 5 rings (SSSR count). The molecule has 4 aromatic carbocycles. The number of halogens is 1. The van der Waals surface area contributed by atoms with Crippen molar-refractivity contribution in [2.45, 2.75) is 62.0 Å². The summed E-state index contributed by atoms with van der Waals surface area (Å²) in [4.78, 5) is 30.6. The van der Waals surface area contributed by atoms with E-state index >= 15 is 0 Å². The number of carbonyl (C=O) groups excluding carboxylic acids is 2. The van der Waals surface area contributed by atoms with Gasteiger partial charge in [-0.3, -0.25) is 13.9 Å². The summed E-state index contributed by atoms with van der Waals surface area (Å²) >= 11 is 6.39. The number of benzene rings is 4. The highest BCUT2D eigenvalue weighted by Gasteiger charge is 2.36. The molecule has 49 heavy (non-hydrogen) atoms. The third-order valence-corrected chi connectivity index (χ3v) is 10.7. The lowest BCUT2D eigenvalue weighted by Gasteiger charge is -2.35. The molecule has 1 saturated carbocycles. The van der Waals surface area contributed by atoms with Gasteiger partial charge in [0.1, 0.15) is 24.1 Å². The number of nitrogens with zero attached hydrogens (tertiary/aromatic N) is 2. The van der Waals surface area contributed by atoms with Crippen molar-refractivity contribution >= 4 is 39.1 Å². The third kappa shape index (κ3) is 9.13. The minimum Gasteiger partial charge on any atom is -0.497 e. The average Bonchev–Trinajstić information content (AvgIpc) is 3.13. The summed E-state index contributed by atoms with van der Waals surface area (Å²) in [5.41, 5.74) is 1.67. The largest absolute Gasteiger partial charge is 0.497 e. The second-order valence-corrected chi connectivity index (χ2v) is 14.4. The Hall–Kier alpha value is -4.54. The van der Waals surface area contributed by atoms with Crippen LogP contribution in [0.3, 0.4) is 0 Å². The SMILES string of the molecule is COc1cccc(CN(C(=O)CN(c2cc(Cl)ccc2OC)S(=O)(=O)c2ccccc2)[C@@H](Cc2ccccc2)C(=O)NC2CCCCC2)c1. The molecule has 1 N–H and O–H groups in total. The zero-order chi connectivity index (χ0) is 34.8. The molecular weight excluding hydrogens is 662 g/mol. The van der Waals surface area contributed by atoms with Gasteiger partial charge in [-0.05, 0) is 66.4 Å². The van der Waals surface area contributed by atoms with Gasteiger partial charge in [-0.25, -0.2) is 8.42 Å². The van der Waals surface area contributed by atoms with Crippen LogP contribution in [0.1, 0.15) is 43.2 Å². The van der Waals surface area contributed by atoms with Crippen molar-refractivity contribution in [3.8, 4) is 11.5 Å². The predicted octanol–water partition coefficient (Wildman–Crippen LogP) is 6.64. The number of methoxy groups -OCH3 is 2. The fourth-order valence-corrected chi connectivity index (χ4v) is 7.76. The van der Waals surface area contributed by atoms with Gasteiger partial charge in [-0.15, -0.1) is 0 Å². The topological polar surface area (TPSA) is 105 Å². The first-order chi connectivity index (χ1) is 23.7. The van der Waals surface area contributed by atoms with E-state index in [1.165, 1.54) is 30.2 Å². The van der Waals surface area contributed by atoms with Crippen molar-refractivity contribution in [3.05, 3.63) is 119 Å². The van der Waals surface area contributed by atoms with Crippen LogP contribution < -0.4 is 19.1 Å². The van der Waals surface area contributed by atoms with Crippen molar-refractivity contribution in [1.82, 2.24) is 10.2 Å². The first kappa shape index (κ1) is 35.8. The van der Waals surface area contributed by atoms with Crippen LogP contribution in [0.25, 0.3) is 0 Å². The molecule has 9 nitrogen and oxygen atoms in total. The molecule has 0 saturated heterocycles. The third-order valence-electron chi connectivity index (χ3n) is 8.73. The highest BCUT2D eigenvalue weighted by atomic mass is 35.5. The van der Waals surface area contributed by atoms with Crippen LogP contribution in [0.5, 0.6) is 11.5 Å². The van der Waals surface area contributed by atoms with E-state index in [1.54, 1.807) is 49.6 Å². The van der Waals surface area contributed by atoms with Gasteiger partial charge in [0.05, 0.1) is 24.8 Å². The minimum absolute atomic E-state index is 0.000951.